The van der Waals surface area contributed by atoms with E-state index in [1.807, 2.05) is 42.5 Å². The number of aliphatic hydroxyl groups is 1. The van der Waals surface area contributed by atoms with Crippen LogP contribution in [-0.4, -0.2) is 34.8 Å². The Morgan fingerprint density at radius 3 is 2.37 bits per heavy atom. The zero-order valence-electron chi connectivity index (χ0n) is 20.2. The number of rotatable bonds is 6. The number of fused-ring (bicyclic) bond motifs is 1. The Morgan fingerprint density at radius 2 is 1.71 bits per heavy atom. The fourth-order valence-corrected chi connectivity index (χ4v) is 4.29. The number of nitrogens with zero attached hydrogens (tertiary/aromatic N) is 2. The van der Waals surface area contributed by atoms with Crippen LogP contribution in [0, 0.1) is 11.3 Å². The number of anilines is 1. The van der Waals surface area contributed by atoms with E-state index < -0.39 is 23.8 Å². The van der Waals surface area contributed by atoms with E-state index in [-0.39, 0.29) is 0 Å². The van der Waals surface area contributed by atoms with E-state index in [4.69, 9.17) is 4.74 Å². The van der Waals surface area contributed by atoms with Crippen molar-refractivity contribution >= 4 is 11.7 Å². The van der Waals surface area contributed by atoms with E-state index in [1.165, 1.54) is 5.56 Å². The highest BCUT2D eigenvalue weighted by molar-refractivity contribution is 5.89. The summed E-state index contributed by atoms with van der Waals surface area (Å²) in [5, 5.41) is 25.9. The lowest BCUT2D eigenvalue weighted by atomic mass is 9.86. The molecule has 3 aromatic rings. The highest BCUT2D eigenvalue weighted by Gasteiger charge is 2.43. The molecule has 3 N–H and O–H groups in total. The van der Waals surface area contributed by atoms with Crippen LogP contribution in [0.3, 0.4) is 0 Å². The number of carbonyl (C=O) groups excluding carboxylic acids is 1. The predicted molar refractivity (Wildman–Crippen MR) is 135 cm³/mol. The van der Waals surface area contributed by atoms with Crippen LogP contribution in [0.5, 0.6) is 5.75 Å². The maximum atomic E-state index is 12.8. The highest BCUT2D eigenvalue weighted by Crippen LogP contribution is 2.40. The van der Waals surface area contributed by atoms with Crippen LogP contribution >= 0.6 is 0 Å². The molecule has 0 unspecified atom stereocenters. The second-order valence-electron chi connectivity index (χ2n) is 9.45. The summed E-state index contributed by atoms with van der Waals surface area (Å²) in [5.41, 5.74) is 3.12. The van der Waals surface area contributed by atoms with Crippen LogP contribution < -0.4 is 15.4 Å². The SMILES string of the molecule is CN(Cc1ccccc1)Cc1ccc(NC(=O)N[C@@H]2c3cc(C#N)ccc3OC(C)(C)[C@H]2O)cc1. The molecule has 1 aliphatic heterocycles. The molecule has 0 bridgehead atoms. The third kappa shape index (κ3) is 5.80. The summed E-state index contributed by atoms with van der Waals surface area (Å²) in [6, 6.07) is 23.9. The summed E-state index contributed by atoms with van der Waals surface area (Å²) in [6.07, 6.45) is -1.00. The second-order valence-corrected chi connectivity index (χ2v) is 9.45. The molecule has 180 valence electrons. The zero-order chi connectivity index (χ0) is 25.0. The van der Waals surface area contributed by atoms with E-state index in [2.05, 4.69) is 40.8 Å². The molecule has 0 radical (unpaired) electrons. The van der Waals surface area contributed by atoms with Gasteiger partial charge in [0, 0.05) is 24.3 Å². The first-order valence-electron chi connectivity index (χ1n) is 11.6. The zero-order valence-corrected chi connectivity index (χ0v) is 20.2. The number of nitriles is 1. The summed E-state index contributed by atoms with van der Waals surface area (Å²) in [5.74, 6) is 0.536. The van der Waals surface area contributed by atoms with Gasteiger partial charge in [-0.1, -0.05) is 42.5 Å². The Morgan fingerprint density at radius 1 is 1.06 bits per heavy atom. The number of hydrogen-bond donors (Lipinski definition) is 3. The molecule has 2 atom stereocenters. The molecule has 0 fully saturated rings. The number of benzene rings is 3. The van der Waals surface area contributed by atoms with Gasteiger partial charge in [0.15, 0.2) is 0 Å². The van der Waals surface area contributed by atoms with E-state index >= 15 is 0 Å². The number of urea groups is 1. The smallest absolute Gasteiger partial charge is 0.319 e. The average molecular weight is 471 g/mol. The molecule has 4 rings (SSSR count). The maximum Gasteiger partial charge on any atom is 0.319 e. The Labute approximate surface area is 206 Å². The van der Waals surface area contributed by atoms with Gasteiger partial charge >= 0.3 is 6.03 Å². The Hall–Kier alpha value is -3.86. The minimum Gasteiger partial charge on any atom is -0.485 e. The van der Waals surface area contributed by atoms with Crippen molar-refractivity contribution in [2.45, 2.75) is 44.7 Å². The van der Waals surface area contributed by atoms with E-state index in [9.17, 15) is 15.2 Å². The number of carbonyl (C=O) groups is 1. The van der Waals surface area contributed by atoms with Gasteiger partial charge in [-0.15, -0.1) is 0 Å². The summed E-state index contributed by atoms with van der Waals surface area (Å²) in [7, 11) is 2.07. The molecule has 2 amide bonds. The molecule has 3 aromatic carbocycles. The number of ether oxygens (including phenoxy) is 1. The van der Waals surface area contributed by atoms with Crippen molar-refractivity contribution in [3.8, 4) is 11.8 Å². The molecule has 7 heteroatoms. The summed E-state index contributed by atoms with van der Waals surface area (Å²) in [6.45, 7) is 5.16. The van der Waals surface area contributed by atoms with E-state index in [0.717, 1.165) is 18.7 Å². The third-order valence-corrected chi connectivity index (χ3v) is 6.12. The molecule has 0 aromatic heterocycles. The van der Waals surface area contributed by atoms with Gasteiger partial charge in [-0.3, -0.25) is 4.90 Å². The van der Waals surface area contributed by atoms with Crippen LogP contribution in [0.4, 0.5) is 10.5 Å². The largest absolute Gasteiger partial charge is 0.485 e. The number of amides is 2. The molecular formula is C28H30N4O3. The lowest BCUT2D eigenvalue weighted by Gasteiger charge is -2.42. The normalized spacial score (nSPS) is 18.2. The molecule has 1 aliphatic rings. The highest BCUT2D eigenvalue weighted by atomic mass is 16.5. The quantitative estimate of drug-likeness (QED) is 0.490. The van der Waals surface area contributed by atoms with Crippen molar-refractivity contribution < 1.29 is 14.6 Å². The second kappa shape index (κ2) is 10.2. The molecule has 0 aliphatic carbocycles. The molecule has 0 spiro atoms. The molecule has 1 heterocycles. The van der Waals surface area contributed by atoms with Gasteiger partial charge in [0.25, 0.3) is 0 Å². The Balaban J connectivity index is 1.40. The average Bonchev–Trinajstić information content (AvgIpc) is 2.83. The van der Waals surface area contributed by atoms with E-state index in [1.54, 1.807) is 32.0 Å². The van der Waals surface area contributed by atoms with Crippen LogP contribution in [0.2, 0.25) is 0 Å². The molecule has 0 saturated heterocycles. The minimum atomic E-state index is -1.00. The summed E-state index contributed by atoms with van der Waals surface area (Å²) < 4.78 is 5.91. The topological polar surface area (TPSA) is 97.6 Å². The first kappa shape index (κ1) is 24.3. The maximum absolute atomic E-state index is 12.8. The van der Waals surface area contributed by atoms with Gasteiger partial charge in [0.2, 0.25) is 0 Å². The van der Waals surface area contributed by atoms with Crippen LogP contribution in [0.1, 0.15) is 42.1 Å². The molecule has 35 heavy (non-hydrogen) atoms. The van der Waals surface area contributed by atoms with Gasteiger partial charge < -0.3 is 20.5 Å². The monoisotopic (exact) mass is 470 g/mol. The third-order valence-electron chi connectivity index (χ3n) is 6.12. The lowest BCUT2D eigenvalue weighted by molar-refractivity contribution is -0.0618. The minimum absolute atomic E-state index is 0.430. The number of nitrogens with one attached hydrogen (secondary N) is 2. The van der Waals surface area contributed by atoms with Gasteiger partial charge in [0.05, 0.1) is 17.7 Å². The predicted octanol–water partition coefficient (Wildman–Crippen LogP) is 4.58. The van der Waals surface area contributed by atoms with E-state index in [0.29, 0.717) is 22.6 Å². The van der Waals surface area contributed by atoms with Crippen LogP contribution in [0.15, 0.2) is 72.8 Å². The summed E-state index contributed by atoms with van der Waals surface area (Å²) in [4.78, 5) is 15.0. The first-order valence-corrected chi connectivity index (χ1v) is 11.6. The summed E-state index contributed by atoms with van der Waals surface area (Å²) >= 11 is 0. The van der Waals surface area contributed by atoms with Crippen LogP contribution in [0.25, 0.3) is 0 Å². The van der Waals surface area contributed by atoms with Crippen molar-refractivity contribution in [2.24, 2.45) is 0 Å². The van der Waals surface area contributed by atoms with Gasteiger partial charge in [-0.25, -0.2) is 4.79 Å². The van der Waals surface area contributed by atoms with Crippen molar-refractivity contribution in [3.63, 3.8) is 0 Å². The van der Waals surface area contributed by atoms with Crippen molar-refractivity contribution in [1.29, 1.82) is 5.26 Å². The first-order chi connectivity index (χ1) is 16.7. The Kier molecular flexibility index (Phi) is 7.06. The van der Waals surface area contributed by atoms with Gasteiger partial charge in [0.1, 0.15) is 17.5 Å². The van der Waals surface area contributed by atoms with Gasteiger partial charge in [-0.2, -0.15) is 5.26 Å². The van der Waals surface area contributed by atoms with Gasteiger partial charge in [-0.05, 0) is 62.4 Å². The molecule has 7 nitrogen and oxygen atoms in total. The number of aliphatic hydroxyl groups excluding tert-OH is 1. The standard InChI is InChI=1S/C28H30N4O3/c1-28(2)26(33)25(23-15-21(16-29)11-14-24(23)35-28)31-27(34)30-22-12-9-20(10-13-22)18-32(3)17-19-7-5-4-6-8-19/h4-15,25-26,33H,17-18H2,1-3H3,(H2,30,31,34)/t25-,26+/m1/s1. The van der Waals surface area contributed by atoms with Crippen molar-refractivity contribution in [1.82, 2.24) is 10.2 Å². The van der Waals surface area contributed by atoms with Crippen LogP contribution in [-0.2, 0) is 13.1 Å². The number of hydrogen-bond acceptors (Lipinski definition) is 5. The fourth-order valence-electron chi connectivity index (χ4n) is 4.29. The van der Waals surface area contributed by atoms with Crippen molar-refractivity contribution in [3.05, 3.63) is 95.1 Å². The van der Waals surface area contributed by atoms with Crippen molar-refractivity contribution in [2.75, 3.05) is 12.4 Å². The lowest BCUT2D eigenvalue weighted by Crippen LogP contribution is -2.54. The fraction of sp³-hybridized carbons (Fsp3) is 0.286. The molecular weight excluding hydrogens is 440 g/mol. The molecule has 0 saturated carbocycles. The Bertz CT molecular complexity index is 1220.